The van der Waals surface area contributed by atoms with Gasteiger partial charge in [0.15, 0.2) is 0 Å². The third-order valence-corrected chi connectivity index (χ3v) is 3.23. The fourth-order valence-electron chi connectivity index (χ4n) is 2.23. The van der Waals surface area contributed by atoms with E-state index in [-0.39, 0.29) is 5.54 Å². The molecule has 2 rings (SSSR count). The van der Waals surface area contributed by atoms with E-state index in [0.29, 0.717) is 0 Å². The molecule has 1 aromatic rings. The van der Waals surface area contributed by atoms with E-state index in [0.717, 1.165) is 24.3 Å². The lowest BCUT2D eigenvalue weighted by Gasteiger charge is -2.32. The maximum Gasteiger partial charge on any atom is 0.137 e. The van der Waals surface area contributed by atoms with E-state index in [1.807, 2.05) is 12.1 Å². The van der Waals surface area contributed by atoms with Gasteiger partial charge in [-0.3, -0.25) is 4.98 Å². The van der Waals surface area contributed by atoms with Gasteiger partial charge in [-0.2, -0.15) is 0 Å². The Bertz CT molecular complexity index is 315. The van der Waals surface area contributed by atoms with Crippen molar-refractivity contribution in [2.24, 2.45) is 5.73 Å². The van der Waals surface area contributed by atoms with Crippen LogP contribution in [0.25, 0.3) is 0 Å². The molecule has 0 spiro atoms. The second kappa shape index (κ2) is 4.19. The maximum absolute atomic E-state index is 6.37. The predicted octanol–water partition coefficient (Wildman–Crippen LogP) is 2.21. The fourth-order valence-corrected chi connectivity index (χ4v) is 2.23. The zero-order valence-corrected chi connectivity index (χ0v) is 9.20. The summed E-state index contributed by atoms with van der Waals surface area (Å²) in [6, 6.07) is 3.93. The van der Waals surface area contributed by atoms with Crippen LogP contribution in [-0.4, -0.2) is 12.1 Å². The molecule has 0 amide bonds. The van der Waals surface area contributed by atoms with E-state index in [1.165, 1.54) is 19.3 Å². The minimum absolute atomic E-state index is 0.204. The predicted molar refractivity (Wildman–Crippen MR) is 59.7 cm³/mol. The van der Waals surface area contributed by atoms with Gasteiger partial charge in [0.25, 0.3) is 0 Å². The van der Waals surface area contributed by atoms with Crippen LogP contribution in [0.3, 0.4) is 0 Å². The fraction of sp³-hybridized carbons (Fsp3) is 0.583. The van der Waals surface area contributed by atoms with Gasteiger partial charge in [0, 0.05) is 0 Å². The van der Waals surface area contributed by atoms with Gasteiger partial charge < -0.3 is 10.5 Å². The number of aromatic nitrogens is 1. The summed E-state index contributed by atoms with van der Waals surface area (Å²) < 4.78 is 5.09. The first kappa shape index (κ1) is 10.4. The summed E-state index contributed by atoms with van der Waals surface area (Å²) in [7, 11) is 1.65. The van der Waals surface area contributed by atoms with Crippen molar-refractivity contribution in [1.82, 2.24) is 4.98 Å². The molecule has 1 heterocycles. The van der Waals surface area contributed by atoms with Gasteiger partial charge in [0.2, 0.25) is 0 Å². The number of hydrogen-bond donors (Lipinski definition) is 1. The molecule has 1 fully saturated rings. The van der Waals surface area contributed by atoms with Gasteiger partial charge in [0.05, 0.1) is 24.5 Å². The first-order valence-electron chi connectivity index (χ1n) is 5.54. The van der Waals surface area contributed by atoms with Crippen molar-refractivity contribution in [1.29, 1.82) is 0 Å². The Morgan fingerprint density at radius 1 is 1.27 bits per heavy atom. The number of rotatable bonds is 2. The molecule has 3 nitrogen and oxygen atoms in total. The number of pyridine rings is 1. The number of hydrogen-bond acceptors (Lipinski definition) is 3. The van der Waals surface area contributed by atoms with Crippen LogP contribution in [0.5, 0.6) is 5.75 Å². The van der Waals surface area contributed by atoms with E-state index in [9.17, 15) is 0 Å². The van der Waals surface area contributed by atoms with Crippen LogP contribution < -0.4 is 10.5 Å². The van der Waals surface area contributed by atoms with Crippen LogP contribution in [-0.2, 0) is 5.54 Å². The molecule has 1 saturated carbocycles. The van der Waals surface area contributed by atoms with Crippen molar-refractivity contribution in [3.63, 3.8) is 0 Å². The second-order valence-electron chi connectivity index (χ2n) is 4.30. The Labute approximate surface area is 90.7 Å². The summed E-state index contributed by atoms with van der Waals surface area (Å²) in [5, 5.41) is 0. The molecular formula is C12H18N2O. The van der Waals surface area contributed by atoms with Gasteiger partial charge in [-0.1, -0.05) is 19.3 Å². The van der Waals surface area contributed by atoms with E-state index in [1.54, 1.807) is 13.3 Å². The van der Waals surface area contributed by atoms with Crippen molar-refractivity contribution >= 4 is 0 Å². The highest BCUT2D eigenvalue weighted by atomic mass is 16.5. The Balaban J connectivity index is 2.20. The van der Waals surface area contributed by atoms with Crippen molar-refractivity contribution in [2.75, 3.05) is 7.11 Å². The quantitative estimate of drug-likeness (QED) is 0.807. The van der Waals surface area contributed by atoms with Crippen LogP contribution in [0.2, 0.25) is 0 Å². The lowest BCUT2D eigenvalue weighted by molar-refractivity contribution is 0.294. The molecule has 0 atom stereocenters. The standard InChI is InChI=1S/C12H18N2O/c1-15-10-5-6-11(14-9-10)12(13)7-3-2-4-8-12/h5-6,9H,2-4,7-8,13H2,1H3. The molecule has 1 aliphatic carbocycles. The van der Waals surface area contributed by atoms with E-state index in [4.69, 9.17) is 10.5 Å². The Morgan fingerprint density at radius 2 is 2.00 bits per heavy atom. The van der Waals surface area contributed by atoms with Gasteiger partial charge >= 0.3 is 0 Å². The third-order valence-electron chi connectivity index (χ3n) is 3.23. The highest BCUT2D eigenvalue weighted by molar-refractivity contribution is 5.24. The minimum atomic E-state index is -0.204. The average Bonchev–Trinajstić information content (AvgIpc) is 2.30. The normalized spacial score (nSPS) is 19.9. The summed E-state index contributed by atoms with van der Waals surface area (Å²) in [6.45, 7) is 0. The molecule has 2 N–H and O–H groups in total. The van der Waals surface area contributed by atoms with Crippen LogP contribution in [0.15, 0.2) is 18.3 Å². The topological polar surface area (TPSA) is 48.1 Å². The molecule has 82 valence electrons. The summed E-state index contributed by atoms with van der Waals surface area (Å²) in [5.41, 5.74) is 7.17. The van der Waals surface area contributed by atoms with Crippen molar-refractivity contribution in [3.05, 3.63) is 24.0 Å². The van der Waals surface area contributed by atoms with Crippen molar-refractivity contribution in [3.8, 4) is 5.75 Å². The lowest BCUT2D eigenvalue weighted by Crippen LogP contribution is -2.39. The maximum atomic E-state index is 6.37. The number of nitrogens with two attached hydrogens (primary N) is 1. The first-order valence-corrected chi connectivity index (χ1v) is 5.54. The molecule has 0 saturated heterocycles. The molecule has 0 bridgehead atoms. The molecule has 1 aromatic heterocycles. The minimum Gasteiger partial charge on any atom is -0.495 e. The van der Waals surface area contributed by atoms with Crippen LogP contribution >= 0.6 is 0 Å². The monoisotopic (exact) mass is 206 g/mol. The summed E-state index contributed by atoms with van der Waals surface area (Å²) in [6.07, 6.45) is 7.57. The molecule has 15 heavy (non-hydrogen) atoms. The number of ether oxygens (including phenoxy) is 1. The zero-order valence-electron chi connectivity index (χ0n) is 9.20. The first-order chi connectivity index (χ1) is 7.24. The smallest absolute Gasteiger partial charge is 0.137 e. The summed E-state index contributed by atoms with van der Waals surface area (Å²) in [5.74, 6) is 0.790. The van der Waals surface area contributed by atoms with E-state index >= 15 is 0 Å². The van der Waals surface area contributed by atoms with Crippen LogP contribution in [0.4, 0.5) is 0 Å². The molecule has 0 radical (unpaired) electrons. The Kier molecular flexibility index (Phi) is 2.91. The van der Waals surface area contributed by atoms with E-state index < -0.39 is 0 Å². The molecule has 0 unspecified atom stereocenters. The van der Waals surface area contributed by atoms with Crippen molar-refractivity contribution in [2.45, 2.75) is 37.6 Å². The highest BCUT2D eigenvalue weighted by Crippen LogP contribution is 2.33. The van der Waals surface area contributed by atoms with Crippen LogP contribution in [0.1, 0.15) is 37.8 Å². The molecule has 0 aromatic carbocycles. The summed E-state index contributed by atoms with van der Waals surface area (Å²) >= 11 is 0. The van der Waals surface area contributed by atoms with Gasteiger partial charge in [0.1, 0.15) is 5.75 Å². The lowest BCUT2D eigenvalue weighted by atomic mass is 9.80. The van der Waals surface area contributed by atoms with Gasteiger partial charge in [-0.25, -0.2) is 0 Å². The molecular weight excluding hydrogens is 188 g/mol. The molecule has 3 heteroatoms. The van der Waals surface area contributed by atoms with E-state index in [2.05, 4.69) is 4.98 Å². The average molecular weight is 206 g/mol. The van der Waals surface area contributed by atoms with Crippen molar-refractivity contribution < 1.29 is 4.74 Å². The summed E-state index contributed by atoms with van der Waals surface area (Å²) in [4.78, 5) is 4.39. The molecule has 1 aliphatic rings. The largest absolute Gasteiger partial charge is 0.495 e. The van der Waals surface area contributed by atoms with Gasteiger partial charge in [-0.15, -0.1) is 0 Å². The van der Waals surface area contributed by atoms with Crippen LogP contribution in [0, 0.1) is 0 Å². The number of methoxy groups -OCH3 is 1. The second-order valence-corrected chi connectivity index (χ2v) is 4.30. The number of nitrogens with zero attached hydrogens (tertiary/aromatic N) is 1. The highest BCUT2D eigenvalue weighted by Gasteiger charge is 2.30. The SMILES string of the molecule is COc1ccc(C2(N)CCCCC2)nc1. The molecule has 0 aliphatic heterocycles. The Morgan fingerprint density at radius 3 is 2.53 bits per heavy atom. The third kappa shape index (κ3) is 2.12. The Hall–Kier alpha value is -1.09. The van der Waals surface area contributed by atoms with Gasteiger partial charge in [-0.05, 0) is 25.0 Å². The zero-order chi connectivity index (χ0) is 10.7.